The molecule has 2 unspecified atom stereocenters. The van der Waals surface area contributed by atoms with E-state index in [1.807, 2.05) is 12.2 Å². The van der Waals surface area contributed by atoms with Crippen molar-refractivity contribution in [1.82, 2.24) is 0 Å². The molecule has 5 heteroatoms. The average Bonchev–Trinajstić information content (AvgIpc) is 2.72. The molecule has 1 fully saturated rings. The largest absolute Gasteiger partial charge is 0.424 e. The number of esters is 1. The third-order valence-corrected chi connectivity index (χ3v) is 3.87. The van der Waals surface area contributed by atoms with Gasteiger partial charge < -0.3 is 4.74 Å². The second kappa shape index (κ2) is 5.16. The Morgan fingerprint density at radius 3 is 2.24 bits per heavy atom. The summed E-state index contributed by atoms with van der Waals surface area (Å²) in [4.78, 5) is 37.4. The zero-order valence-electron chi connectivity index (χ0n) is 11.6. The normalized spacial score (nSPS) is 24.1. The summed E-state index contributed by atoms with van der Waals surface area (Å²) < 4.78 is 5.11. The van der Waals surface area contributed by atoms with E-state index < -0.39 is 5.97 Å². The van der Waals surface area contributed by atoms with Crippen LogP contribution in [0.1, 0.15) is 19.8 Å². The van der Waals surface area contributed by atoms with E-state index in [1.165, 1.54) is 11.8 Å². The highest BCUT2D eigenvalue weighted by atomic mass is 16.5. The van der Waals surface area contributed by atoms with Crippen molar-refractivity contribution >= 4 is 23.5 Å². The summed E-state index contributed by atoms with van der Waals surface area (Å²) in [5.41, 5.74) is 0.345. The van der Waals surface area contributed by atoms with Crippen LogP contribution in [-0.2, 0) is 14.4 Å². The van der Waals surface area contributed by atoms with Crippen LogP contribution in [0.4, 0.5) is 5.69 Å². The van der Waals surface area contributed by atoms with Crippen molar-refractivity contribution in [3.05, 3.63) is 36.4 Å². The lowest BCUT2D eigenvalue weighted by Crippen LogP contribution is -2.31. The second-order valence-electron chi connectivity index (χ2n) is 5.23. The van der Waals surface area contributed by atoms with Crippen LogP contribution in [-0.4, -0.2) is 17.8 Å². The number of ether oxygens (including phenoxy) is 1. The lowest BCUT2D eigenvalue weighted by Gasteiger charge is -2.17. The number of hydrogen-bond donors (Lipinski definition) is 0. The lowest BCUT2D eigenvalue weighted by atomic mass is 9.85. The van der Waals surface area contributed by atoms with E-state index in [-0.39, 0.29) is 29.4 Å². The molecule has 0 radical (unpaired) electrons. The molecule has 1 heterocycles. The molecule has 0 spiro atoms. The Bertz CT molecular complexity index is 623. The van der Waals surface area contributed by atoms with E-state index in [2.05, 4.69) is 0 Å². The number of anilines is 1. The molecule has 2 atom stereocenters. The summed E-state index contributed by atoms with van der Waals surface area (Å²) in [6, 6.07) is 6.61. The molecule has 21 heavy (non-hydrogen) atoms. The van der Waals surface area contributed by atoms with E-state index in [0.717, 1.165) is 0 Å². The maximum absolute atomic E-state index is 12.5. The number of para-hydroxylation sites is 2. The first-order valence-corrected chi connectivity index (χ1v) is 6.90. The van der Waals surface area contributed by atoms with Crippen LogP contribution < -0.4 is 9.64 Å². The van der Waals surface area contributed by atoms with Crippen molar-refractivity contribution < 1.29 is 19.1 Å². The minimum Gasteiger partial charge on any atom is -0.424 e. The maximum Gasteiger partial charge on any atom is 0.308 e. The molecule has 0 bridgehead atoms. The van der Waals surface area contributed by atoms with Crippen molar-refractivity contribution in [2.24, 2.45) is 11.8 Å². The maximum atomic E-state index is 12.5. The van der Waals surface area contributed by atoms with Gasteiger partial charge in [-0.1, -0.05) is 24.3 Å². The second-order valence-corrected chi connectivity index (χ2v) is 5.23. The van der Waals surface area contributed by atoms with Gasteiger partial charge in [0.2, 0.25) is 11.8 Å². The molecular formula is C16H15NO4. The summed E-state index contributed by atoms with van der Waals surface area (Å²) in [5, 5.41) is 0. The van der Waals surface area contributed by atoms with E-state index in [0.29, 0.717) is 18.5 Å². The molecular weight excluding hydrogens is 270 g/mol. The van der Waals surface area contributed by atoms with E-state index >= 15 is 0 Å². The molecule has 2 amide bonds. The van der Waals surface area contributed by atoms with Gasteiger partial charge in [-0.2, -0.15) is 0 Å². The number of imide groups is 1. The molecule has 0 N–H and O–H groups in total. The monoisotopic (exact) mass is 285 g/mol. The Hall–Kier alpha value is -2.43. The molecule has 1 aliphatic heterocycles. The lowest BCUT2D eigenvalue weighted by molar-refractivity contribution is -0.132. The standard InChI is InChI=1S/C16H15NO4/c1-10(18)21-14-9-5-4-8-13(14)17-15(19)11-6-2-3-7-12(11)16(17)20/h2-5,8-9,11-12H,6-7H2,1H3. The minimum atomic E-state index is -0.486. The predicted molar refractivity (Wildman–Crippen MR) is 75.6 cm³/mol. The fourth-order valence-corrected chi connectivity index (χ4v) is 2.92. The molecule has 108 valence electrons. The van der Waals surface area contributed by atoms with E-state index in [4.69, 9.17) is 4.74 Å². The van der Waals surface area contributed by atoms with Crippen LogP contribution in [0.15, 0.2) is 36.4 Å². The first kappa shape index (κ1) is 13.5. The quantitative estimate of drug-likeness (QED) is 0.361. The Morgan fingerprint density at radius 1 is 1.10 bits per heavy atom. The Kier molecular flexibility index (Phi) is 3.33. The topological polar surface area (TPSA) is 63.7 Å². The van der Waals surface area contributed by atoms with Crippen molar-refractivity contribution in [1.29, 1.82) is 0 Å². The van der Waals surface area contributed by atoms with Crippen molar-refractivity contribution in [3.8, 4) is 5.75 Å². The molecule has 1 aromatic rings. The highest BCUT2D eigenvalue weighted by molar-refractivity contribution is 6.22. The van der Waals surface area contributed by atoms with Crippen LogP contribution in [0, 0.1) is 11.8 Å². The Morgan fingerprint density at radius 2 is 1.67 bits per heavy atom. The molecule has 0 aromatic heterocycles. The van der Waals surface area contributed by atoms with Gasteiger partial charge in [0.05, 0.1) is 17.5 Å². The third kappa shape index (κ3) is 2.24. The summed E-state index contributed by atoms with van der Waals surface area (Å²) in [6.45, 7) is 1.29. The van der Waals surface area contributed by atoms with E-state index in [9.17, 15) is 14.4 Å². The summed E-state index contributed by atoms with van der Waals surface area (Å²) >= 11 is 0. The summed E-state index contributed by atoms with van der Waals surface area (Å²) in [7, 11) is 0. The van der Waals surface area contributed by atoms with Gasteiger partial charge in [0.1, 0.15) is 0 Å². The van der Waals surface area contributed by atoms with Gasteiger partial charge in [0, 0.05) is 6.92 Å². The molecule has 5 nitrogen and oxygen atoms in total. The van der Waals surface area contributed by atoms with Crippen molar-refractivity contribution in [2.75, 3.05) is 4.90 Å². The van der Waals surface area contributed by atoms with Gasteiger partial charge in [-0.05, 0) is 25.0 Å². The van der Waals surface area contributed by atoms with Gasteiger partial charge in [0.15, 0.2) is 5.75 Å². The zero-order valence-corrected chi connectivity index (χ0v) is 11.6. The highest BCUT2D eigenvalue weighted by Gasteiger charge is 2.48. The molecule has 1 aliphatic carbocycles. The highest BCUT2D eigenvalue weighted by Crippen LogP contribution is 2.40. The molecule has 0 saturated carbocycles. The van der Waals surface area contributed by atoms with Crippen LogP contribution in [0.25, 0.3) is 0 Å². The number of carbonyl (C=O) groups excluding carboxylic acids is 3. The number of allylic oxidation sites excluding steroid dienone is 2. The number of hydrogen-bond acceptors (Lipinski definition) is 4. The smallest absolute Gasteiger partial charge is 0.308 e. The number of rotatable bonds is 2. The fraction of sp³-hybridized carbons (Fsp3) is 0.312. The van der Waals surface area contributed by atoms with Crippen molar-refractivity contribution in [3.63, 3.8) is 0 Å². The number of nitrogens with zero attached hydrogens (tertiary/aromatic N) is 1. The molecule has 2 aliphatic rings. The van der Waals surface area contributed by atoms with Gasteiger partial charge in [-0.3, -0.25) is 14.4 Å². The molecule has 3 rings (SSSR count). The number of carbonyl (C=O) groups is 3. The average molecular weight is 285 g/mol. The fourth-order valence-electron chi connectivity index (χ4n) is 2.92. The Balaban J connectivity index is 1.99. The summed E-state index contributed by atoms with van der Waals surface area (Å²) in [6.07, 6.45) is 5.05. The predicted octanol–water partition coefficient (Wildman–Crippen LogP) is 2.07. The molecule has 1 aromatic carbocycles. The van der Waals surface area contributed by atoms with Crippen molar-refractivity contribution in [2.45, 2.75) is 19.8 Å². The number of fused-ring (bicyclic) bond motifs is 1. The van der Waals surface area contributed by atoms with Crippen LogP contribution in [0.3, 0.4) is 0 Å². The van der Waals surface area contributed by atoms with Gasteiger partial charge >= 0.3 is 5.97 Å². The summed E-state index contributed by atoms with van der Waals surface area (Å²) in [5.74, 6) is -1.28. The van der Waals surface area contributed by atoms with Gasteiger partial charge in [-0.25, -0.2) is 4.90 Å². The van der Waals surface area contributed by atoms with Gasteiger partial charge in [-0.15, -0.1) is 0 Å². The Labute approximate surface area is 122 Å². The first-order chi connectivity index (χ1) is 10.1. The number of benzene rings is 1. The first-order valence-electron chi connectivity index (χ1n) is 6.90. The van der Waals surface area contributed by atoms with E-state index in [1.54, 1.807) is 24.3 Å². The van der Waals surface area contributed by atoms with Crippen LogP contribution in [0.5, 0.6) is 5.75 Å². The third-order valence-electron chi connectivity index (χ3n) is 3.87. The SMILES string of the molecule is CC(=O)Oc1ccccc1N1C(=O)C2CC=CCC2C1=O. The number of amides is 2. The van der Waals surface area contributed by atoms with Gasteiger partial charge in [0.25, 0.3) is 0 Å². The van der Waals surface area contributed by atoms with Crippen LogP contribution in [0.2, 0.25) is 0 Å². The zero-order chi connectivity index (χ0) is 15.0. The van der Waals surface area contributed by atoms with Crippen LogP contribution >= 0.6 is 0 Å². The minimum absolute atomic E-state index is 0.214. The molecule has 1 saturated heterocycles.